The van der Waals surface area contributed by atoms with Crippen LogP contribution in [0, 0.1) is 6.92 Å². The summed E-state index contributed by atoms with van der Waals surface area (Å²) in [5.41, 5.74) is 2.07. The number of rotatable bonds is 9. The van der Waals surface area contributed by atoms with Gasteiger partial charge in [-0.1, -0.05) is 43.7 Å². The van der Waals surface area contributed by atoms with Crippen molar-refractivity contribution in [3.05, 3.63) is 59.7 Å². The van der Waals surface area contributed by atoms with Crippen LogP contribution in [0.1, 0.15) is 42.6 Å². The van der Waals surface area contributed by atoms with Crippen molar-refractivity contribution in [2.24, 2.45) is 0 Å². The van der Waals surface area contributed by atoms with E-state index in [4.69, 9.17) is 0 Å². The molecule has 2 amide bonds. The fraction of sp³-hybridized carbons (Fsp3) is 0.364. The van der Waals surface area contributed by atoms with Crippen LogP contribution in [0.4, 0.5) is 11.4 Å². The topological polar surface area (TPSA) is 95.6 Å². The summed E-state index contributed by atoms with van der Waals surface area (Å²) in [5.74, 6) is -0.793. The van der Waals surface area contributed by atoms with Crippen molar-refractivity contribution in [3.63, 3.8) is 0 Å². The molecule has 0 aliphatic rings. The van der Waals surface area contributed by atoms with Gasteiger partial charge >= 0.3 is 0 Å². The van der Waals surface area contributed by atoms with Gasteiger partial charge in [-0.2, -0.15) is 0 Å². The van der Waals surface area contributed by atoms with Gasteiger partial charge in [-0.05, 0) is 44.0 Å². The Hall–Kier alpha value is -2.87. The first-order valence-electron chi connectivity index (χ1n) is 9.93. The van der Waals surface area contributed by atoms with Crippen LogP contribution in [-0.4, -0.2) is 39.1 Å². The van der Waals surface area contributed by atoms with Crippen LogP contribution in [0.15, 0.2) is 48.5 Å². The third-order valence-corrected chi connectivity index (χ3v) is 5.76. The second-order valence-corrected chi connectivity index (χ2v) is 8.97. The highest BCUT2D eigenvalue weighted by Crippen LogP contribution is 2.24. The fourth-order valence-corrected chi connectivity index (χ4v) is 4.30. The highest BCUT2D eigenvalue weighted by molar-refractivity contribution is 7.92. The summed E-state index contributed by atoms with van der Waals surface area (Å²) in [4.78, 5) is 25.5. The maximum atomic E-state index is 13.1. The van der Waals surface area contributed by atoms with E-state index in [-0.39, 0.29) is 12.3 Å². The molecule has 2 aromatic rings. The number of carbonyl (C=O) groups excluding carboxylic acids is 2. The molecule has 8 heteroatoms. The molecule has 2 aromatic carbocycles. The van der Waals surface area contributed by atoms with Gasteiger partial charge in [0.1, 0.15) is 6.04 Å². The summed E-state index contributed by atoms with van der Waals surface area (Å²) in [6.07, 6.45) is 2.13. The summed E-state index contributed by atoms with van der Waals surface area (Å²) in [6, 6.07) is 12.7. The number of carbonyl (C=O) groups is 2. The molecule has 2 N–H and O–H groups in total. The highest BCUT2D eigenvalue weighted by Gasteiger charge is 2.32. The number of hydrogen-bond acceptors (Lipinski definition) is 4. The van der Waals surface area contributed by atoms with Crippen molar-refractivity contribution in [2.75, 3.05) is 22.4 Å². The van der Waals surface area contributed by atoms with Crippen molar-refractivity contribution in [2.45, 2.75) is 39.7 Å². The standard InChI is InChI=1S/C22H29N3O4S/c1-5-15-23-21(26)18-9-7-8-10-19(18)24-22(27)20(6-2)25(30(4,28)29)17-13-11-16(3)12-14-17/h7-14,20H,5-6,15H2,1-4H3,(H,23,26)(H,24,27). The average molecular weight is 432 g/mol. The molecular weight excluding hydrogens is 402 g/mol. The molecule has 0 aliphatic carbocycles. The molecule has 0 saturated carbocycles. The first-order chi connectivity index (χ1) is 14.2. The van der Waals surface area contributed by atoms with Crippen molar-refractivity contribution in [1.29, 1.82) is 0 Å². The molecule has 7 nitrogen and oxygen atoms in total. The Morgan fingerprint density at radius 3 is 2.23 bits per heavy atom. The minimum atomic E-state index is -3.72. The second-order valence-electron chi connectivity index (χ2n) is 7.11. The van der Waals surface area contributed by atoms with Gasteiger partial charge in [-0.25, -0.2) is 8.42 Å². The van der Waals surface area contributed by atoms with Crippen LogP contribution in [-0.2, 0) is 14.8 Å². The Balaban J connectivity index is 2.36. The van der Waals surface area contributed by atoms with Crippen LogP contribution in [0.5, 0.6) is 0 Å². The van der Waals surface area contributed by atoms with Crippen molar-refractivity contribution in [1.82, 2.24) is 5.32 Å². The molecule has 1 atom stereocenters. The molecule has 0 aliphatic heterocycles. The highest BCUT2D eigenvalue weighted by atomic mass is 32.2. The van der Waals surface area contributed by atoms with E-state index in [0.717, 1.165) is 22.5 Å². The lowest BCUT2D eigenvalue weighted by Crippen LogP contribution is -2.47. The molecular formula is C22H29N3O4S. The molecule has 0 bridgehead atoms. The molecule has 0 spiro atoms. The SMILES string of the molecule is CCCNC(=O)c1ccccc1NC(=O)C(CC)N(c1ccc(C)cc1)S(C)(=O)=O. The zero-order valence-corrected chi connectivity index (χ0v) is 18.6. The summed E-state index contributed by atoms with van der Waals surface area (Å²) in [5, 5.41) is 5.53. The monoisotopic (exact) mass is 431 g/mol. The van der Waals surface area contributed by atoms with Crippen molar-refractivity contribution < 1.29 is 18.0 Å². The minimum absolute atomic E-state index is 0.261. The maximum Gasteiger partial charge on any atom is 0.253 e. The zero-order chi connectivity index (χ0) is 22.3. The number of para-hydroxylation sites is 1. The number of nitrogens with one attached hydrogen (secondary N) is 2. The number of amides is 2. The molecule has 0 heterocycles. The van der Waals surface area contributed by atoms with E-state index in [1.54, 1.807) is 55.5 Å². The summed E-state index contributed by atoms with van der Waals surface area (Å²) in [7, 11) is -3.72. The average Bonchev–Trinajstić information content (AvgIpc) is 2.70. The Morgan fingerprint density at radius 1 is 1.03 bits per heavy atom. The van der Waals surface area contributed by atoms with Gasteiger partial charge in [0.25, 0.3) is 5.91 Å². The maximum absolute atomic E-state index is 13.1. The third-order valence-electron chi connectivity index (χ3n) is 4.58. The predicted molar refractivity (Wildman–Crippen MR) is 120 cm³/mol. The van der Waals surface area contributed by atoms with Gasteiger partial charge in [0.2, 0.25) is 15.9 Å². The van der Waals surface area contributed by atoms with Crippen LogP contribution >= 0.6 is 0 Å². The van der Waals surface area contributed by atoms with E-state index in [9.17, 15) is 18.0 Å². The number of hydrogen-bond donors (Lipinski definition) is 2. The number of aryl methyl sites for hydroxylation is 1. The fourth-order valence-electron chi connectivity index (χ4n) is 3.09. The second kappa shape index (κ2) is 10.2. The van der Waals surface area contributed by atoms with Gasteiger partial charge in [0.15, 0.2) is 0 Å². The molecule has 30 heavy (non-hydrogen) atoms. The third kappa shape index (κ3) is 5.82. The van der Waals surface area contributed by atoms with E-state index in [0.29, 0.717) is 23.5 Å². The molecule has 0 aromatic heterocycles. The number of nitrogens with zero attached hydrogens (tertiary/aromatic N) is 1. The molecule has 162 valence electrons. The lowest BCUT2D eigenvalue weighted by atomic mass is 10.1. The Labute approximate surface area is 178 Å². The minimum Gasteiger partial charge on any atom is -0.352 e. The summed E-state index contributed by atoms with van der Waals surface area (Å²) < 4.78 is 26.2. The van der Waals surface area contributed by atoms with Gasteiger partial charge in [-0.3, -0.25) is 13.9 Å². The van der Waals surface area contributed by atoms with Crippen LogP contribution in [0.3, 0.4) is 0 Å². The van der Waals surface area contributed by atoms with E-state index >= 15 is 0 Å². The Morgan fingerprint density at radius 2 is 1.67 bits per heavy atom. The largest absolute Gasteiger partial charge is 0.352 e. The van der Waals surface area contributed by atoms with E-state index in [1.165, 1.54) is 0 Å². The predicted octanol–water partition coefficient (Wildman–Crippen LogP) is 3.32. The quantitative estimate of drug-likeness (QED) is 0.637. The Bertz CT molecular complexity index is 988. The summed E-state index contributed by atoms with van der Waals surface area (Å²) in [6.45, 7) is 6.12. The van der Waals surface area contributed by atoms with Gasteiger partial charge < -0.3 is 10.6 Å². The number of benzene rings is 2. The lowest BCUT2D eigenvalue weighted by molar-refractivity contribution is -0.117. The van der Waals surface area contributed by atoms with Gasteiger partial charge in [-0.15, -0.1) is 0 Å². The molecule has 1 unspecified atom stereocenters. The van der Waals surface area contributed by atoms with Crippen LogP contribution < -0.4 is 14.9 Å². The van der Waals surface area contributed by atoms with E-state index in [1.807, 2.05) is 13.8 Å². The lowest BCUT2D eigenvalue weighted by Gasteiger charge is -2.30. The van der Waals surface area contributed by atoms with Crippen molar-refractivity contribution in [3.8, 4) is 0 Å². The Kier molecular flexibility index (Phi) is 8.00. The van der Waals surface area contributed by atoms with Crippen LogP contribution in [0.25, 0.3) is 0 Å². The first kappa shape index (κ1) is 23.4. The summed E-state index contributed by atoms with van der Waals surface area (Å²) >= 11 is 0. The van der Waals surface area contributed by atoms with E-state index < -0.39 is 22.0 Å². The molecule has 0 fully saturated rings. The van der Waals surface area contributed by atoms with Crippen LogP contribution in [0.2, 0.25) is 0 Å². The zero-order valence-electron chi connectivity index (χ0n) is 17.8. The smallest absolute Gasteiger partial charge is 0.253 e. The molecule has 0 radical (unpaired) electrons. The van der Waals surface area contributed by atoms with Crippen molar-refractivity contribution >= 4 is 33.2 Å². The molecule has 2 rings (SSSR count). The van der Waals surface area contributed by atoms with Gasteiger partial charge in [0, 0.05) is 6.54 Å². The first-order valence-corrected chi connectivity index (χ1v) is 11.8. The number of sulfonamides is 1. The van der Waals surface area contributed by atoms with Gasteiger partial charge in [0.05, 0.1) is 23.2 Å². The molecule has 0 saturated heterocycles. The number of anilines is 2. The van der Waals surface area contributed by atoms with E-state index in [2.05, 4.69) is 10.6 Å². The normalized spacial score (nSPS) is 12.1.